The van der Waals surface area contributed by atoms with Crippen molar-refractivity contribution in [3.05, 3.63) is 106 Å². The van der Waals surface area contributed by atoms with Crippen LogP contribution in [0.15, 0.2) is 84.9 Å². The van der Waals surface area contributed by atoms with Crippen LogP contribution in [0.25, 0.3) is 50.5 Å². The second kappa shape index (κ2) is 9.97. The lowest BCUT2D eigenvalue weighted by Crippen LogP contribution is -2.10. The van der Waals surface area contributed by atoms with Crippen LogP contribution < -0.4 is 0 Å². The molecule has 41 heavy (non-hydrogen) atoms. The minimum atomic E-state index is 0.0148. The zero-order chi connectivity index (χ0) is 29.1. The number of hydrogen-bond acceptors (Lipinski definition) is 3. The van der Waals surface area contributed by atoms with Gasteiger partial charge in [-0.1, -0.05) is 76.9 Å². The number of hydrogen-bond donors (Lipinski definition) is 0. The summed E-state index contributed by atoms with van der Waals surface area (Å²) in [6.45, 7) is 13.5. The smallest absolute Gasteiger partial charge is 0.238 e. The van der Waals surface area contributed by atoms with Crippen molar-refractivity contribution >= 4 is 45.0 Å². The predicted molar refractivity (Wildman–Crippen MR) is 172 cm³/mol. The maximum absolute atomic E-state index is 6.20. The van der Waals surface area contributed by atoms with Gasteiger partial charge >= 0.3 is 0 Å². The first-order valence-corrected chi connectivity index (χ1v) is 14.5. The molecule has 0 aliphatic heterocycles. The molecule has 0 amide bonds. The summed E-state index contributed by atoms with van der Waals surface area (Å²) in [5.41, 5.74) is 6.41. The van der Waals surface area contributed by atoms with Crippen molar-refractivity contribution in [1.29, 1.82) is 0 Å². The Morgan fingerprint density at radius 1 is 0.512 bits per heavy atom. The first-order valence-electron chi connectivity index (χ1n) is 13.8. The van der Waals surface area contributed by atoms with Gasteiger partial charge in [0.25, 0.3) is 0 Å². The van der Waals surface area contributed by atoms with Crippen LogP contribution in [0.5, 0.6) is 0 Å². The molecule has 2 heterocycles. The third kappa shape index (κ3) is 5.23. The summed E-state index contributed by atoms with van der Waals surface area (Å²) >= 11 is 12.4. The lowest BCUT2D eigenvalue weighted by molar-refractivity contribution is 0.590. The van der Waals surface area contributed by atoms with Crippen molar-refractivity contribution in [2.24, 2.45) is 0 Å². The first-order chi connectivity index (χ1) is 19.4. The maximum atomic E-state index is 6.20. The third-order valence-corrected chi connectivity index (χ3v) is 8.03. The fourth-order valence-electron chi connectivity index (χ4n) is 5.09. The fourth-order valence-corrected chi connectivity index (χ4v) is 5.34. The average molecular weight is 580 g/mol. The van der Waals surface area contributed by atoms with Gasteiger partial charge in [0.05, 0.1) is 11.0 Å². The first kappa shape index (κ1) is 27.4. The van der Waals surface area contributed by atoms with Crippen LogP contribution in [0.1, 0.15) is 52.7 Å². The molecule has 0 radical (unpaired) electrons. The van der Waals surface area contributed by atoms with E-state index in [-0.39, 0.29) is 10.8 Å². The number of nitrogens with zero attached hydrogens (tertiary/aromatic N) is 4. The van der Waals surface area contributed by atoms with Gasteiger partial charge in [-0.2, -0.15) is 9.97 Å². The van der Waals surface area contributed by atoms with Crippen molar-refractivity contribution < 1.29 is 0 Å². The molecule has 0 saturated heterocycles. The SMILES string of the molecule is CC(C)(C)c1ccc2c(c1)c1cc(C(C)(C)C)ccc1n2-c1nc(-c2ccc(Cl)cc2)nc(-c2ccc(Cl)cc2)n1. The number of rotatable bonds is 3. The van der Waals surface area contributed by atoms with Gasteiger partial charge in [-0.05, 0) is 94.8 Å². The Bertz CT molecular complexity index is 1770. The Morgan fingerprint density at radius 2 is 0.902 bits per heavy atom. The summed E-state index contributed by atoms with van der Waals surface area (Å²) in [4.78, 5) is 14.9. The lowest BCUT2D eigenvalue weighted by atomic mass is 9.85. The molecule has 4 nitrogen and oxygen atoms in total. The number of halogens is 2. The topological polar surface area (TPSA) is 43.6 Å². The molecular weight excluding hydrogens is 547 g/mol. The van der Waals surface area contributed by atoms with Gasteiger partial charge < -0.3 is 0 Å². The predicted octanol–water partition coefficient (Wildman–Crippen LogP) is 10.2. The Labute approximate surface area is 251 Å². The molecule has 0 unspecified atom stereocenters. The second-order valence-corrected chi connectivity index (χ2v) is 13.5. The van der Waals surface area contributed by atoms with E-state index in [2.05, 4.69) is 82.5 Å². The Balaban J connectivity index is 1.68. The van der Waals surface area contributed by atoms with E-state index in [0.717, 1.165) is 22.2 Å². The van der Waals surface area contributed by atoms with E-state index in [1.807, 2.05) is 48.5 Å². The number of benzene rings is 4. The quantitative estimate of drug-likeness (QED) is 0.210. The lowest BCUT2D eigenvalue weighted by Gasteiger charge is -2.19. The summed E-state index contributed by atoms with van der Waals surface area (Å²) in [6, 6.07) is 28.6. The highest BCUT2D eigenvalue weighted by Crippen LogP contribution is 2.37. The minimum absolute atomic E-state index is 0.0148. The molecule has 2 aromatic heterocycles. The van der Waals surface area contributed by atoms with Gasteiger partial charge in [-0.15, -0.1) is 0 Å². The largest absolute Gasteiger partial charge is 0.278 e. The molecule has 0 N–H and O–H groups in total. The molecular formula is C35H32Cl2N4. The van der Waals surface area contributed by atoms with Crippen LogP contribution in [0.2, 0.25) is 10.0 Å². The van der Waals surface area contributed by atoms with Crippen LogP contribution >= 0.6 is 23.2 Å². The second-order valence-electron chi connectivity index (χ2n) is 12.6. The van der Waals surface area contributed by atoms with Crippen LogP contribution in [0.3, 0.4) is 0 Å². The molecule has 4 aromatic carbocycles. The average Bonchev–Trinajstić information content (AvgIpc) is 3.26. The van der Waals surface area contributed by atoms with Crippen LogP contribution in [-0.2, 0) is 10.8 Å². The normalized spacial score (nSPS) is 12.4. The standard InChI is InChI=1S/C35H32Cl2N4/c1-34(2,3)23-11-17-29-27(19-23)28-20-24(35(4,5)6)12-18-30(28)41(29)33-39-31(21-7-13-25(36)14-8-21)38-32(40-33)22-9-15-26(37)16-10-22/h7-20H,1-6H3. The van der Waals surface area contributed by atoms with Crippen molar-refractivity contribution in [1.82, 2.24) is 19.5 Å². The van der Waals surface area contributed by atoms with Crippen molar-refractivity contribution in [3.8, 4) is 28.7 Å². The van der Waals surface area contributed by atoms with Crippen LogP contribution in [0, 0.1) is 0 Å². The Hall–Kier alpha value is -3.73. The summed E-state index contributed by atoms with van der Waals surface area (Å²) in [6.07, 6.45) is 0. The van der Waals surface area contributed by atoms with Gasteiger partial charge in [-0.25, -0.2) is 4.98 Å². The van der Waals surface area contributed by atoms with Gasteiger partial charge in [0.15, 0.2) is 11.6 Å². The zero-order valence-electron chi connectivity index (χ0n) is 24.1. The maximum Gasteiger partial charge on any atom is 0.238 e. The van der Waals surface area contributed by atoms with Gasteiger partial charge in [0.2, 0.25) is 5.95 Å². The molecule has 0 aliphatic rings. The highest BCUT2D eigenvalue weighted by Gasteiger charge is 2.22. The molecule has 6 heteroatoms. The van der Waals surface area contributed by atoms with Gasteiger partial charge in [-0.3, -0.25) is 4.57 Å². The van der Waals surface area contributed by atoms with Crippen molar-refractivity contribution in [2.45, 2.75) is 52.4 Å². The van der Waals surface area contributed by atoms with E-state index in [0.29, 0.717) is 27.6 Å². The molecule has 6 rings (SSSR count). The Morgan fingerprint density at radius 3 is 1.27 bits per heavy atom. The summed E-state index contributed by atoms with van der Waals surface area (Å²) in [7, 11) is 0. The van der Waals surface area contributed by atoms with Crippen LogP contribution in [0.4, 0.5) is 0 Å². The molecule has 206 valence electrons. The molecule has 0 aliphatic carbocycles. The summed E-state index contributed by atoms with van der Waals surface area (Å²) < 4.78 is 2.16. The van der Waals surface area contributed by atoms with Gasteiger partial charge in [0.1, 0.15) is 0 Å². The highest BCUT2D eigenvalue weighted by molar-refractivity contribution is 6.30. The van der Waals surface area contributed by atoms with E-state index in [1.165, 1.54) is 21.9 Å². The molecule has 0 fully saturated rings. The molecule has 0 saturated carbocycles. The number of fused-ring (bicyclic) bond motifs is 3. The minimum Gasteiger partial charge on any atom is -0.278 e. The van der Waals surface area contributed by atoms with Crippen molar-refractivity contribution in [2.75, 3.05) is 0 Å². The number of aromatic nitrogens is 4. The summed E-state index contributed by atoms with van der Waals surface area (Å²) in [5, 5.41) is 3.68. The third-order valence-electron chi connectivity index (χ3n) is 7.53. The van der Waals surface area contributed by atoms with Crippen LogP contribution in [-0.4, -0.2) is 19.5 Å². The van der Waals surface area contributed by atoms with E-state index in [1.54, 1.807) is 0 Å². The van der Waals surface area contributed by atoms with E-state index >= 15 is 0 Å². The fraction of sp³-hybridized carbons (Fsp3) is 0.229. The van der Waals surface area contributed by atoms with E-state index in [9.17, 15) is 0 Å². The van der Waals surface area contributed by atoms with Crippen molar-refractivity contribution in [3.63, 3.8) is 0 Å². The highest BCUT2D eigenvalue weighted by atomic mass is 35.5. The van der Waals surface area contributed by atoms with E-state index in [4.69, 9.17) is 38.2 Å². The molecule has 0 spiro atoms. The molecule has 6 aromatic rings. The Kier molecular flexibility index (Phi) is 6.67. The molecule has 0 atom stereocenters. The zero-order valence-corrected chi connectivity index (χ0v) is 25.6. The molecule has 0 bridgehead atoms. The summed E-state index contributed by atoms with van der Waals surface area (Å²) in [5.74, 6) is 1.70. The van der Waals surface area contributed by atoms with Gasteiger partial charge in [0, 0.05) is 31.9 Å². The van der Waals surface area contributed by atoms with E-state index < -0.39 is 0 Å². The monoisotopic (exact) mass is 578 g/mol.